The molecule has 0 radical (unpaired) electrons. The summed E-state index contributed by atoms with van der Waals surface area (Å²) < 4.78 is 0. The van der Waals surface area contributed by atoms with Crippen LogP contribution in [0.2, 0.25) is 0 Å². The normalized spacial score (nSPS) is 10.7. The third-order valence-electron chi connectivity index (χ3n) is 4.98. The minimum Gasteiger partial charge on any atom is -0.296 e. The maximum Gasteiger partial charge on any atom is 0.257 e. The number of hydrogen-bond acceptors (Lipinski definition) is 5. The molecule has 0 saturated heterocycles. The number of aromatic nitrogens is 2. The van der Waals surface area contributed by atoms with Gasteiger partial charge in [-0.25, -0.2) is 0 Å². The molecule has 6 heteroatoms. The van der Waals surface area contributed by atoms with E-state index in [0.29, 0.717) is 21.8 Å². The lowest BCUT2D eigenvalue weighted by molar-refractivity contribution is 0.102. The molecule has 1 amide bonds. The SMILES string of the molecule is Cc1cc(C)c(-c2nnc(NC(=O)c3ccc(C(=O)c4ccccc4)cc3)s2)c(C)c1. The van der Waals surface area contributed by atoms with E-state index in [1.54, 1.807) is 36.4 Å². The Morgan fingerprint density at radius 3 is 2.00 bits per heavy atom. The lowest BCUT2D eigenvalue weighted by Gasteiger charge is -2.07. The summed E-state index contributed by atoms with van der Waals surface area (Å²) in [5.74, 6) is -0.371. The number of rotatable bonds is 5. The topological polar surface area (TPSA) is 72.0 Å². The lowest BCUT2D eigenvalue weighted by Crippen LogP contribution is -2.12. The van der Waals surface area contributed by atoms with Gasteiger partial charge in [0, 0.05) is 22.3 Å². The Kier molecular flexibility index (Phi) is 5.73. The van der Waals surface area contributed by atoms with Crippen LogP contribution in [0.4, 0.5) is 5.13 Å². The maximum absolute atomic E-state index is 12.6. The second kappa shape index (κ2) is 8.62. The Morgan fingerprint density at radius 2 is 1.35 bits per heavy atom. The molecule has 31 heavy (non-hydrogen) atoms. The molecule has 1 heterocycles. The van der Waals surface area contributed by atoms with E-state index in [4.69, 9.17) is 0 Å². The number of nitrogens with zero attached hydrogens (tertiary/aromatic N) is 2. The quantitative estimate of drug-likeness (QED) is 0.420. The molecule has 0 spiro atoms. The van der Waals surface area contributed by atoms with Crippen molar-refractivity contribution in [3.05, 3.63) is 100 Å². The molecule has 4 aromatic rings. The van der Waals surface area contributed by atoms with Crippen LogP contribution in [-0.2, 0) is 0 Å². The highest BCUT2D eigenvalue weighted by Gasteiger charge is 2.15. The zero-order chi connectivity index (χ0) is 22.0. The molecular formula is C25H21N3O2S. The van der Waals surface area contributed by atoms with Crippen molar-refractivity contribution in [1.82, 2.24) is 10.2 Å². The molecule has 154 valence electrons. The Bertz CT molecular complexity index is 1240. The Hall–Kier alpha value is -3.64. The van der Waals surface area contributed by atoms with Gasteiger partial charge in [-0.3, -0.25) is 14.9 Å². The largest absolute Gasteiger partial charge is 0.296 e. The fraction of sp³-hybridized carbons (Fsp3) is 0.120. The summed E-state index contributed by atoms with van der Waals surface area (Å²) in [4.78, 5) is 25.1. The Morgan fingerprint density at radius 1 is 0.774 bits per heavy atom. The minimum atomic E-state index is -0.293. The van der Waals surface area contributed by atoms with Crippen LogP contribution in [0.5, 0.6) is 0 Å². The maximum atomic E-state index is 12.6. The van der Waals surface area contributed by atoms with Gasteiger partial charge < -0.3 is 0 Å². The van der Waals surface area contributed by atoms with Gasteiger partial charge in [-0.15, -0.1) is 10.2 Å². The Labute approximate surface area is 184 Å². The van der Waals surface area contributed by atoms with E-state index in [1.165, 1.54) is 16.9 Å². The summed E-state index contributed by atoms with van der Waals surface area (Å²) in [6, 6.07) is 19.9. The van der Waals surface area contributed by atoms with Gasteiger partial charge in [0.15, 0.2) is 5.78 Å². The van der Waals surface area contributed by atoms with E-state index >= 15 is 0 Å². The second-order valence-electron chi connectivity index (χ2n) is 7.41. The number of ketones is 1. The first-order valence-electron chi connectivity index (χ1n) is 9.85. The molecule has 0 aliphatic heterocycles. The summed E-state index contributed by atoms with van der Waals surface area (Å²) in [5.41, 5.74) is 6.10. The number of aryl methyl sites for hydroxylation is 3. The molecule has 0 atom stereocenters. The number of anilines is 1. The third-order valence-corrected chi connectivity index (χ3v) is 5.84. The highest BCUT2D eigenvalue weighted by molar-refractivity contribution is 7.18. The van der Waals surface area contributed by atoms with Gasteiger partial charge in [0.1, 0.15) is 5.01 Å². The number of nitrogens with one attached hydrogen (secondary N) is 1. The molecule has 0 aliphatic rings. The molecule has 0 bridgehead atoms. The van der Waals surface area contributed by atoms with E-state index < -0.39 is 0 Å². The molecule has 3 aromatic carbocycles. The van der Waals surface area contributed by atoms with Gasteiger partial charge in [0.25, 0.3) is 5.91 Å². The van der Waals surface area contributed by atoms with Crippen molar-refractivity contribution < 1.29 is 9.59 Å². The van der Waals surface area contributed by atoms with Crippen LogP contribution in [0.25, 0.3) is 10.6 Å². The summed E-state index contributed by atoms with van der Waals surface area (Å²) in [7, 11) is 0. The van der Waals surface area contributed by atoms with E-state index in [0.717, 1.165) is 21.7 Å². The molecule has 1 N–H and O–H groups in total. The van der Waals surface area contributed by atoms with Gasteiger partial charge in [0.05, 0.1) is 0 Å². The van der Waals surface area contributed by atoms with Crippen LogP contribution in [0.3, 0.4) is 0 Å². The fourth-order valence-corrected chi connectivity index (χ4v) is 4.50. The van der Waals surface area contributed by atoms with Crippen LogP contribution in [-0.4, -0.2) is 21.9 Å². The van der Waals surface area contributed by atoms with Crippen molar-refractivity contribution in [2.45, 2.75) is 20.8 Å². The molecular weight excluding hydrogens is 406 g/mol. The van der Waals surface area contributed by atoms with Crippen molar-refractivity contribution >= 4 is 28.2 Å². The second-order valence-corrected chi connectivity index (χ2v) is 8.39. The number of carbonyl (C=O) groups excluding carboxylic acids is 2. The van der Waals surface area contributed by atoms with Gasteiger partial charge in [-0.05, 0) is 44.0 Å². The Balaban J connectivity index is 1.49. The molecule has 0 unspecified atom stereocenters. The molecule has 0 saturated carbocycles. The molecule has 1 aromatic heterocycles. The molecule has 5 nitrogen and oxygen atoms in total. The average molecular weight is 428 g/mol. The fourth-order valence-electron chi connectivity index (χ4n) is 3.59. The molecule has 4 rings (SSSR count). The first kappa shape index (κ1) is 20.6. The average Bonchev–Trinajstić information content (AvgIpc) is 3.21. The van der Waals surface area contributed by atoms with E-state index in [2.05, 4.69) is 34.6 Å². The van der Waals surface area contributed by atoms with Crippen molar-refractivity contribution in [3.63, 3.8) is 0 Å². The van der Waals surface area contributed by atoms with Crippen molar-refractivity contribution in [2.24, 2.45) is 0 Å². The van der Waals surface area contributed by atoms with Gasteiger partial charge in [0.2, 0.25) is 5.13 Å². The van der Waals surface area contributed by atoms with E-state index in [-0.39, 0.29) is 11.7 Å². The summed E-state index contributed by atoms with van der Waals surface area (Å²) in [6.07, 6.45) is 0. The number of hydrogen-bond donors (Lipinski definition) is 1. The van der Waals surface area contributed by atoms with Crippen molar-refractivity contribution in [1.29, 1.82) is 0 Å². The van der Waals surface area contributed by atoms with Crippen LogP contribution in [0, 0.1) is 20.8 Å². The number of carbonyl (C=O) groups is 2. The summed E-state index contributed by atoms with van der Waals surface area (Å²) >= 11 is 1.34. The van der Waals surface area contributed by atoms with E-state index in [1.807, 2.05) is 32.0 Å². The van der Waals surface area contributed by atoms with Gasteiger partial charge >= 0.3 is 0 Å². The molecule has 0 aliphatic carbocycles. The molecule has 0 fully saturated rings. The summed E-state index contributed by atoms with van der Waals surface area (Å²) in [6.45, 7) is 6.16. The predicted molar refractivity (Wildman–Crippen MR) is 124 cm³/mol. The first-order valence-corrected chi connectivity index (χ1v) is 10.7. The first-order chi connectivity index (χ1) is 14.9. The smallest absolute Gasteiger partial charge is 0.257 e. The van der Waals surface area contributed by atoms with Crippen LogP contribution in [0.15, 0.2) is 66.7 Å². The van der Waals surface area contributed by atoms with E-state index in [9.17, 15) is 9.59 Å². The number of amides is 1. The monoisotopic (exact) mass is 427 g/mol. The standard InChI is InChI=1S/C25H21N3O2S/c1-15-13-16(2)21(17(3)14-15)24-27-28-25(31-24)26-23(30)20-11-9-19(10-12-20)22(29)18-7-5-4-6-8-18/h4-14H,1-3H3,(H,26,28,30). The minimum absolute atomic E-state index is 0.0786. The highest BCUT2D eigenvalue weighted by Crippen LogP contribution is 2.32. The van der Waals surface area contributed by atoms with Gasteiger partial charge in [-0.2, -0.15) is 0 Å². The third kappa shape index (κ3) is 4.44. The van der Waals surface area contributed by atoms with Gasteiger partial charge in [-0.1, -0.05) is 71.5 Å². The van der Waals surface area contributed by atoms with Crippen LogP contribution >= 0.6 is 11.3 Å². The predicted octanol–water partition coefficient (Wildman–Crippen LogP) is 5.61. The number of benzene rings is 3. The van der Waals surface area contributed by atoms with Crippen molar-refractivity contribution in [3.8, 4) is 10.6 Å². The zero-order valence-corrected chi connectivity index (χ0v) is 18.3. The zero-order valence-electron chi connectivity index (χ0n) is 17.5. The van der Waals surface area contributed by atoms with Crippen LogP contribution in [0.1, 0.15) is 43.0 Å². The van der Waals surface area contributed by atoms with Crippen LogP contribution < -0.4 is 5.32 Å². The van der Waals surface area contributed by atoms with Crippen molar-refractivity contribution in [2.75, 3.05) is 5.32 Å². The lowest BCUT2D eigenvalue weighted by atomic mass is 10.0. The highest BCUT2D eigenvalue weighted by atomic mass is 32.1. The summed E-state index contributed by atoms with van der Waals surface area (Å²) in [5, 5.41) is 12.4.